The lowest BCUT2D eigenvalue weighted by atomic mass is 10.1. The normalized spacial score (nSPS) is 15.5. The number of fused-ring (bicyclic) bond motifs is 5. The largest absolute Gasteiger partial charge is 0.433 e. The van der Waals surface area contributed by atoms with Crippen LogP contribution in [0.2, 0.25) is 0 Å². The number of amides is 1. The van der Waals surface area contributed by atoms with Gasteiger partial charge in [-0.3, -0.25) is 9.36 Å². The Balaban J connectivity index is 2.10. The predicted molar refractivity (Wildman–Crippen MR) is 107 cm³/mol. The molecule has 0 saturated carbocycles. The number of alkyl halides is 2. The minimum Gasteiger partial charge on any atom is -0.433 e. The molecule has 1 unspecified atom stereocenters. The van der Waals surface area contributed by atoms with E-state index < -0.39 is 6.61 Å². The first kappa shape index (κ1) is 19.9. The molecule has 2 aromatic carbocycles. The first-order valence-electron chi connectivity index (χ1n) is 9.43. The van der Waals surface area contributed by atoms with E-state index in [4.69, 9.17) is 14.8 Å². The topological polar surface area (TPSA) is 67.6 Å². The molecule has 2 heterocycles. The van der Waals surface area contributed by atoms with Gasteiger partial charge in [0.2, 0.25) is 0 Å². The summed E-state index contributed by atoms with van der Waals surface area (Å²) < 4.78 is 32.8. The maximum Gasteiger partial charge on any atom is 0.387 e. The average molecular weight is 411 g/mol. The Hall–Kier alpha value is -3.44. The quantitative estimate of drug-likeness (QED) is 0.670. The Bertz CT molecular complexity index is 1190. The molecule has 6 nitrogen and oxygen atoms in total. The molecule has 1 aliphatic rings. The highest BCUT2D eigenvalue weighted by Gasteiger charge is 2.35. The molecule has 0 radical (unpaired) electrons. The fourth-order valence-electron chi connectivity index (χ4n) is 3.85. The summed E-state index contributed by atoms with van der Waals surface area (Å²) in [5.41, 5.74) is 2.36. The van der Waals surface area contributed by atoms with E-state index in [-0.39, 0.29) is 35.6 Å². The molecule has 1 amide bonds. The molecule has 4 rings (SSSR count). The summed E-state index contributed by atoms with van der Waals surface area (Å²) in [5.74, 6) is 5.59. The zero-order valence-corrected chi connectivity index (χ0v) is 16.4. The lowest BCUT2D eigenvalue weighted by Gasteiger charge is -2.24. The number of imidazole rings is 1. The second kappa shape index (κ2) is 7.76. The molecule has 154 valence electrons. The molecule has 1 aromatic heterocycles. The number of carbonyl (C=O) groups excluding carboxylic acids is 1. The van der Waals surface area contributed by atoms with E-state index in [0.29, 0.717) is 28.8 Å². The second-order valence-electron chi connectivity index (χ2n) is 6.84. The molecule has 8 heteroatoms. The van der Waals surface area contributed by atoms with E-state index in [0.717, 1.165) is 0 Å². The molecule has 30 heavy (non-hydrogen) atoms. The smallest absolute Gasteiger partial charge is 0.387 e. The van der Waals surface area contributed by atoms with E-state index in [1.165, 1.54) is 12.1 Å². The second-order valence-corrected chi connectivity index (χ2v) is 6.84. The summed E-state index contributed by atoms with van der Waals surface area (Å²) in [7, 11) is 1.67. The number of carbonyl (C=O) groups is 1. The van der Waals surface area contributed by atoms with Crippen LogP contribution in [0.4, 0.5) is 8.78 Å². The van der Waals surface area contributed by atoms with Crippen LogP contribution in [0.5, 0.6) is 5.75 Å². The van der Waals surface area contributed by atoms with Crippen molar-refractivity contribution in [2.45, 2.75) is 26.0 Å². The van der Waals surface area contributed by atoms with E-state index in [1.807, 2.05) is 6.92 Å². The summed E-state index contributed by atoms with van der Waals surface area (Å²) in [6, 6.07) is 9.49. The number of aliphatic hydroxyl groups excluding tert-OH is 1. The molecule has 0 aliphatic carbocycles. The van der Waals surface area contributed by atoms with Crippen LogP contribution in [0.3, 0.4) is 0 Å². The minimum absolute atomic E-state index is 0.103. The molecular weight excluding hydrogens is 392 g/mol. The third-order valence-electron chi connectivity index (χ3n) is 5.13. The monoisotopic (exact) mass is 411 g/mol. The molecule has 0 bridgehead atoms. The number of aliphatic hydroxyl groups is 1. The van der Waals surface area contributed by atoms with Gasteiger partial charge >= 0.3 is 6.61 Å². The molecule has 0 saturated heterocycles. The standard InChI is InChI=1S/C22H19F2N3O3/c1-3-16-20-25-15-10-9-13(6-5-11-28)12-17(15)27(20)19-14(21(29)26(16)2)7-4-8-18(19)30-22(23)24/h4,7-10,12,16,22,28H,3,11H2,1-2H3. The van der Waals surface area contributed by atoms with Crippen molar-refractivity contribution in [3.05, 3.63) is 53.3 Å². The number of benzene rings is 2. The minimum atomic E-state index is -3.04. The van der Waals surface area contributed by atoms with Crippen molar-refractivity contribution in [2.24, 2.45) is 0 Å². The van der Waals surface area contributed by atoms with Gasteiger partial charge in [0.25, 0.3) is 5.91 Å². The first-order chi connectivity index (χ1) is 14.5. The van der Waals surface area contributed by atoms with Crippen molar-refractivity contribution in [3.63, 3.8) is 0 Å². The fourth-order valence-corrected chi connectivity index (χ4v) is 3.85. The Morgan fingerprint density at radius 1 is 1.30 bits per heavy atom. The number of ether oxygens (including phenoxy) is 1. The van der Waals surface area contributed by atoms with Crippen molar-refractivity contribution in [3.8, 4) is 23.3 Å². The molecule has 3 aromatic rings. The van der Waals surface area contributed by atoms with E-state index in [2.05, 4.69) is 11.8 Å². The number of para-hydroxylation sites is 1. The molecular formula is C22H19F2N3O3. The molecule has 0 spiro atoms. The van der Waals surface area contributed by atoms with E-state index in [1.54, 1.807) is 40.8 Å². The third-order valence-corrected chi connectivity index (χ3v) is 5.13. The van der Waals surface area contributed by atoms with Crippen LogP contribution < -0.4 is 4.74 Å². The van der Waals surface area contributed by atoms with Crippen molar-refractivity contribution >= 4 is 16.9 Å². The van der Waals surface area contributed by atoms with Crippen LogP contribution >= 0.6 is 0 Å². The summed E-state index contributed by atoms with van der Waals surface area (Å²) >= 11 is 0. The van der Waals surface area contributed by atoms with Crippen LogP contribution in [0.1, 0.15) is 41.1 Å². The first-order valence-corrected chi connectivity index (χ1v) is 9.43. The lowest BCUT2D eigenvalue weighted by Crippen LogP contribution is -2.30. The van der Waals surface area contributed by atoms with Gasteiger partial charge in [-0.2, -0.15) is 8.78 Å². The number of nitrogens with zero attached hydrogens (tertiary/aromatic N) is 3. The van der Waals surface area contributed by atoms with Gasteiger partial charge in [0.1, 0.15) is 18.1 Å². The number of aromatic nitrogens is 2. The summed E-state index contributed by atoms with van der Waals surface area (Å²) in [4.78, 5) is 19.4. The lowest BCUT2D eigenvalue weighted by molar-refractivity contribution is -0.0498. The SMILES string of the molecule is CCC1c2nc3ccc(C#CCO)cc3n2-c2c(OC(F)F)cccc2C(=O)N1C. The Labute approximate surface area is 171 Å². The Morgan fingerprint density at radius 3 is 2.80 bits per heavy atom. The summed E-state index contributed by atoms with van der Waals surface area (Å²) in [5, 5.41) is 8.98. The zero-order valence-electron chi connectivity index (χ0n) is 16.4. The van der Waals surface area contributed by atoms with E-state index in [9.17, 15) is 13.6 Å². The molecule has 1 N–H and O–H groups in total. The third kappa shape index (κ3) is 3.17. The average Bonchev–Trinajstić information content (AvgIpc) is 3.05. The Kier molecular flexibility index (Phi) is 5.14. The van der Waals surface area contributed by atoms with Crippen LogP contribution in [0.25, 0.3) is 16.7 Å². The number of hydrogen-bond acceptors (Lipinski definition) is 4. The van der Waals surface area contributed by atoms with Crippen LogP contribution in [-0.4, -0.2) is 45.7 Å². The van der Waals surface area contributed by atoms with Gasteiger partial charge in [0, 0.05) is 12.6 Å². The van der Waals surface area contributed by atoms with Gasteiger partial charge in [-0.05, 0) is 36.8 Å². The number of rotatable bonds is 3. The highest BCUT2D eigenvalue weighted by atomic mass is 19.3. The van der Waals surface area contributed by atoms with Crippen molar-refractivity contribution < 1.29 is 23.4 Å². The highest BCUT2D eigenvalue weighted by Crippen LogP contribution is 2.40. The number of halogens is 2. The van der Waals surface area contributed by atoms with Crippen LogP contribution in [-0.2, 0) is 0 Å². The van der Waals surface area contributed by atoms with E-state index >= 15 is 0 Å². The van der Waals surface area contributed by atoms with Crippen molar-refractivity contribution in [1.29, 1.82) is 0 Å². The maximum atomic E-state index is 13.1. The molecule has 1 aliphatic heterocycles. The Morgan fingerprint density at radius 2 is 2.10 bits per heavy atom. The van der Waals surface area contributed by atoms with Gasteiger partial charge in [0.15, 0.2) is 5.75 Å². The van der Waals surface area contributed by atoms with Gasteiger partial charge in [-0.25, -0.2) is 4.98 Å². The van der Waals surface area contributed by atoms with Crippen molar-refractivity contribution in [2.75, 3.05) is 13.7 Å². The van der Waals surface area contributed by atoms with Crippen LogP contribution in [0.15, 0.2) is 36.4 Å². The zero-order chi connectivity index (χ0) is 21.4. The highest BCUT2D eigenvalue weighted by molar-refractivity contribution is 6.00. The van der Waals surface area contributed by atoms with Gasteiger partial charge in [0.05, 0.1) is 22.6 Å². The number of hydrogen-bond donors (Lipinski definition) is 1. The van der Waals surface area contributed by atoms with Crippen LogP contribution in [0, 0.1) is 11.8 Å². The van der Waals surface area contributed by atoms with Gasteiger partial charge in [-0.15, -0.1) is 0 Å². The van der Waals surface area contributed by atoms with Crippen molar-refractivity contribution in [1.82, 2.24) is 14.5 Å². The maximum absolute atomic E-state index is 13.1. The molecule has 0 fully saturated rings. The fraction of sp³-hybridized carbons (Fsp3) is 0.273. The summed E-state index contributed by atoms with van der Waals surface area (Å²) in [6.45, 7) is -1.39. The molecule has 1 atom stereocenters. The summed E-state index contributed by atoms with van der Waals surface area (Å²) in [6.07, 6.45) is 0.585. The van der Waals surface area contributed by atoms with Gasteiger partial charge < -0.3 is 14.7 Å². The van der Waals surface area contributed by atoms with Gasteiger partial charge in [-0.1, -0.05) is 24.8 Å². The predicted octanol–water partition coefficient (Wildman–Crippen LogP) is 3.51.